The van der Waals surface area contributed by atoms with Crippen LogP contribution in [0.5, 0.6) is 0 Å². The normalized spacial score (nSPS) is 23.5. The van der Waals surface area contributed by atoms with Crippen molar-refractivity contribution in [3.63, 3.8) is 0 Å². The van der Waals surface area contributed by atoms with Crippen molar-refractivity contribution in [2.75, 3.05) is 26.2 Å². The average molecular weight is 629 g/mol. The summed E-state index contributed by atoms with van der Waals surface area (Å²) in [6, 6.07) is 10.5. The van der Waals surface area contributed by atoms with Crippen LogP contribution < -0.4 is 0 Å². The Morgan fingerprint density at radius 3 is 2.16 bits per heavy atom. The number of likely N-dealkylation sites (tertiary alicyclic amines) is 2. The van der Waals surface area contributed by atoms with E-state index in [-0.39, 0.29) is 0 Å². The van der Waals surface area contributed by atoms with Crippen LogP contribution in [0.25, 0.3) is 21.5 Å². The Morgan fingerprint density at radius 2 is 1.53 bits per heavy atom. The highest BCUT2D eigenvalue weighted by atomic mass is 32.1. The van der Waals surface area contributed by atoms with Gasteiger partial charge in [-0.2, -0.15) is 0 Å². The van der Waals surface area contributed by atoms with Gasteiger partial charge in [0.15, 0.2) is 0 Å². The molecular formula is C38H52N4O2S. The third kappa shape index (κ3) is 5.88. The monoisotopic (exact) mass is 628 g/mol. The second-order valence-electron chi connectivity index (χ2n) is 15.3. The summed E-state index contributed by atoms with van der Waals surface area (Å²) in [6.45, 7) is 15.0. The van der Waals surface area contributed by atoms with Crippen molar-refractivity contribution in [1.82, 2.24) is 19.7 Å². The molecule has 6 nitrogen and oxygen atoms in total. The maximum Gasteiger partial charge on any atom is 0.233 e. The molecule has 3 aromatic rings. The van der Waals surface area contributed by atoms with Crippen molar-refractivity contribution in [3.8, 4) is 11.3 Å². The number of benzene rings is 1. The molecule has 1 atom stereocenters. The number of aryl methyl sites for hydroxylation is 2. The summed E-state index contributed by atoms with van der Waals surface area (Å²) < 4.78 is 0. The number of aromatic nitrogens is 1. The Bertz CT molecular complexity index is 1530. The van der Waals surface area contributed by atoms with Crippen LogP contribution >= 0.6 is 11.3 Å². The van der Waals surface area contributed by atoms with Crippen molar-refractivity contribution < 1.29 is 9.59 Å². The van der Waals surface area contributed by atoms with Crippen LogP contribution in [-0.4, -0.2) is 75.8 Å². The van der Waals surface area contributed by atoms with Crippen molar-refractivity contribution in [2.24, 2.45) is 5.92 Å². The van der Waals surface area contributed by atoms with E-state index in [4.69, 9.17) is 0 Å². The first-order valence-electron chi connectivity index (χ1n) is 17.7. The van der Waals surface area contributed by atoms with Crippen LogP contribution in [-0.2, 0) is 21.4 Å². The van der Waals surface area contributed by atoms with E-state index >= 15 is 0 Å². The molecular weight excluding hydrogens is 577 g/mol. The molecule has 1 unspecified atom stereocenters. The fourth-order valence-corrected chi connectivity index (χ4v) is 10.1. The summed E-state index contributed by atoms with van der Waals surface area (Å²) >= 11 is 1.78. The Morgan fingerprint density at radius 1 is 0.911 bits per heavy atom. The average Bonchev–Trinajstić information content (AvgIpc) is 3.84. The Hall–Kier alpha value is -2.64. The molecule has 2 bridgehead atoms. The summed E-state index contributed by atoms with van der Waals surface area (Å²) in [4.78, 5) is 40.0. The molecule has 4 aliphatic heterocycles. The topological polar surface area (TPSA) is 59.7 Å². The van der Waals surface area contributed by atoms with E-state index < -0.39 is 5.41 Å². The van der Waals surface area contributed by atoms with Gasteiger partial charge in [-0.1, -0.05) is 17.2 Å². The third-order valence-electron chi connectivity index (χ3n) is 11.6. The minimum atomic E-state index is -0.535. The van der Waals surface area contributed by atoms with E-state index in [9.17, 15) is 9.59 Å². The first-order chi connectivity index (χ1) is 21.6. The summed E-state index contributed by atoms with van der Waals surface area (Å²) in [6.07, 6.45) is 10.9. The Labute approximate surface area is 273 Å². The number of piperidine rings is 1. The van der Waals surface area contributed by atoms with E-state index in [1.165, 1.54) is 68.7 Å². The van der Waals surface area contributed by atoms with Crippen LogP contribution in [0.1, 0.15) is 100 Å². The SMILES string of the molecule is Cc1cc(C)cc(-c2[nH]c3sc(C(C)(C)C(=O)N4C5CCC4CC5)cc3c2CC(C)N2CCC(CC(=O)N3CCCC3)CC2)c1. The molecule has 0 aliphatic carbocycles. The minimum Gasteiger partial charge on any atom is -0.346 e. The highest BCUT2D eigenvalue weighted by molar-refractivity contribution is 7.19. The zero-order chi connectivity index (χ0) is 31.5. The number of carbonyl (C=O) groups is 2. The highest BCUT2D eigenvalue weighted by Crippen LogP contribution is 2.45. The van der Waals surface area contributed by atoms with E-state index in [1.807, 2.05) is 0 Å². The van der Waals surface area contributed by atoms with Gasteiger partial charge in [0.1, 0.15) is 4.83 Å². The summed E-state index contributed by atoms with van der Waals surface area (Å²) in [5, 5.41) is 1.28. The molecule has 7 heteroatoms. The van der Waals surface area contributed by atoms with Crippen molar-refractivity contribution in [1.29, 1.82) is 0 Å². The molecule has 6 heterocycles. The molecule has 2 amide bonds. The van der Waals surface area contributed by atoms with Crippen LogP contribution in [0.2, 0.25) is 0 Å². The second kappa shape index (κ2) is 12.2. The predicted octanol–water partition coefficient (Wildman–Crippen LogP) is 7.60. The molecule has 7 rings (SSSR count). The lowest BCUT2D eigenvalue weighted by atomic mass is 9.88. The standard InChI is InChI=1S/C38H52N4O2S/c1-24-18-25(2)20-28(19-24)35-31(21-26(3)40-16-12-27(13-17-40)22-34(43)41-14-6-7-15-41)32-23-33(45-36(32)39-35)38(4,5)37(44)42-29-8-9-30(42)11-10-29/h18-20,23,26-27,29-30,39H,6-17,21-22H2,1-5H3. The number of amides is 2. The van der Waals surface area contributed by atoms with Gasteiger partial charge in [0, 0.05) is 47.9 Å². The number of nitrogens with one attached hydrogen (secondary N) is 1. The zero-order valence-electron chi connectivity index (χ0n) is 28.1. The number of hydrogen-bond acceptors (Lipinski definition) is 4. The summed E-state index contributed by atoms with van der Waals surface area (Å²) in [5.41, 5.74) is 5.88. The first kappa shape index (κ1) is 31.0. The van der Waals surface area contributed by atoms with E-state index in [1.54, 1.807) is 11.3 Å². The molecule has 0 radical (unpaired) electrons. The number of H-pyrrole nitrogens is 1. The van der Waals surface area contributed by atoms with Crippen molar-refractivity contribution in [2.45, 2.75) is 122 Å². The summed E-state index contributed by atoms with van der Waals surface area (Å²) in [5.74, 6) is 1.20. The predicted molar refractivity (Wildman–Crippen MR) is 185 cm³/mol. The molecule has 45 heavy (non-hydrogen) atoms. The number of nitrogens with zero attached hydrogens (tertiary/aromatic N) is 3. The van der Waals surface area contributed by atoms with Crippen LogP contribution in [0.15, 0.2) is 24.3 Å². The van der Waals surface area contributed by atoms with Gasteiger partial charge in [-0.15, -0.1) is 11.3 Å². The van der Waals surface area contributed by atoms with Crippen molar-refractivity contribution in [3.05, 3.63) is 45.8 Å². The highest BCUT2D eigenvalue weighted by Gasteiger charge is 2.47. The van der Waals surface area contributed by atoms with Gasteiger partial charge in [-0.25, -0.2) is 0 Å². The van der Waals surface area contributed by atoms with Crippen LogP contribution in [0.4, 0.5) is 0 Å². The molecule has 0 spiro atoms. The number of rotatable bonds is 8. The van der Waals surface area contributed by atoms with Gasteiger partial charge in [0.05, 0.1) is 11.1 Å². The first-order valence-corrected chi connectivity index (χ1v) is 18.5. The van der Waals surface area contributed by atoms with Crippen LogP contribution in [0.3, 0.4) is 0 Å². The molecule has 1 aromatic carbocycles. The van der Waals surface area contributed by atoms with Gasteiger partial charge in [-0.3, -0.25) is 9.59 Å². The number of carbonyl (C=O) groups excluding carboxylic acids is 2. The smallest absolute Gasteiger partial charge is 0.233 e. The van der Waals surface area contributed by atoms with Gasteiger partial charge >= 0.3 is 0 Å². The summed E-state index contributed by atoms with van der Waals surface area (Å²) in [7, 11) is 0. The lowest BCUT2D eigenvalue weighted by molar-refractivity contribution is -0.137. The number of hydrogen-bond donors (Lipinski definition) is 1. The van der Waals surface area contributed by atoms with Gasteiger partial charge in [0.25, 0.3) is 0 Å². The molecule has 4 fully saturated rings. The lowest BCUT2D eigenvalue weighted by Gasteiger charge is -2.36. The molecule has 2 aromatic heterocycles. The van der Waals surface area contributed by atoms with Crippen LogP contribution in [0, 0.1) is 19.8 Å². The quantitative estimate of drug-likeness (QED) is 0.280. The molecule has 242 valence electrons. The van der Waals surface area contributed by atoms with Gasteiger partial charge in [-0.05, 0) is 141 Å². The number of thiophene rings is 1. The zero-order valence-corrected chi connectivity index (χ0v) is 28.9. The molecule has 1 N–H and O–H groups in total. The lowest BCUT2D eigenvalue weighted by Crippen LogP contribution is -2.45. The number of aromatic amines is 1. The minimum absolute atomic E-state index is 0.312. The fourth-order valence-electron chi connectivity index (χ4n) is 8.95. The van der Waals surface area contributed by atoms with E-state index in [0.29, 0.717) is 35.9 Å². The Balaban J connectivity index is 1.13. The third-order valence-corrected chi connectivity index (χ3v) is 13.0. The van der Waals surface area contributed by atoms with Gasteiger partial charge in [0.2, 0.25) is 11.8 Å². The maximum absolute atomic E-state index is 14.0. The largest absolute Gasteiger partial charge is 0.346 e. The van der Waals surface area contributed by atoms with E-state index in [0.717, 1.165) is 64.7 Å². The molecule has 0 saturated carbocycles. The maximum atomic E-state index is 14.0. The molecule has 4 saturated heterocycles. The van der Waals surface area contributed by atoms with Crippen molar-refractivity contribution >= 4 is 33.4 Å². The van der Waals surface area contributed by atoms with E-state index in [2.05, 4.69) is 78.6 Å². The van der Waals surface area contributed by atoms with Gasteiger partial charge < -0.3 is 19.7 Å². The molecule has 4 aliphatic rings. The number of fused-ring (bicyclic) bond motifs is 3. The fraction of sp³-hybridized carbons (Fsp3) is 0.632. The Kier molecular flexibility index (Phi) is 8.39. The second-order valence-corrected chi connectivity index (χ2v) is 16.4.